The second kappa shape index (κ2) is 7.67. The average Bonchev–Trinajstić information content (AvgIpc) is 2.85. The maximum atomic E-state index is 14.3. The molecule has 0 unspecified atom stereocenters. The molecule has 0 aromatic heterocycles. The quantitative estimate of drug-likeness (QED) is 0.702. The third kappa shape index (κ3) is 3.92. The van der Waals surface area contributed by atoms with Crippen LogP contribution >= 0.6 is 15.9 Å². The molecule has 26 heavy (non-hydrogen) atoms. The molecule has 1 aliphatic rings. The Bertz CT molecular complexity index is 901. The summed E-state index contributed by atoms with van der Waals surface area (Å²) in [4.78, 5) is 24.7. The van der Waals surface area contributed by atoms with Gasteiger partial charge in [0, 0.05) is 22.3 Å². The molecule has 6 nitrogen and oxygen atoms in total. The minimum atomic E-state index is -0.625. The predicted octanol–water partition coefficient (Wildman–Crippen LogP) is 3.04. The highest BCUT2D eigenvalue weighted by Crippen LogP contribution is 2.29. The van der Waals surface area contributed by atoms with Crippen LogP contribution in [0.1, 0.15) is 0 Å². The monoisotopic (exact) mass is 420 g/mol. The van der Waals surface area contributed by atoms with Gasteiger partial charge in [0.1, 0.15) is 11.4 Å². The minimum Gasteiger partial charge on any atom is -0.454 e. The molecular weight excluding hydrogens is 407 g/mol. The summed E-state index contributed by atoms with van der Waals surface area (Å²) in [6, 6.07) is 11.1. The molecule has 0 aliphatic carbocycles. The van der Waals surface area contributed by atoms with Gasteiger partial charge in [-0.1, -0.05) is 22.0 Å². The molecule has 2 amide bonds. The molecule has 0 spiro atoms. The zero-order chi connectivity index (χ0) is 18.7. The second-order valence-electron chi connectivity index (χ2n) is 5.41. The fourth-order valence-electron chi connectivity index (χ4n) is 2.38. The molecule has 3 rings (SSSR count). The highest BCUT2D eigenvalue weighted by Gasteiger charge is 2.30. The number of hydrogen-bond acceptors (Lipinski definition) is 5. The molecule has 1 aliphatic heterocycles. The number of aliphatic hydroxyl groups is 1. The first-order valence-electron chi connectivity index (χ1n) is 7.66. The number of carbonyl (C=O) groups excluding carboxylic acids is 2. The van der Waals surface area contributed by atoms with Crippen molar-refractivity contribution in [2.45, 2.75) is 0 Å². The van der Waals surface area contributed by atoms with Crippen molar-refractivity contribution < 1.29 is 23.8 Å². The number of nitrogens with one attached hydrogen (secondary N) is 1. The SMILES string of the molecule is O=C1C=C(Nc2ccc(Oc3cccc(Br)c3)c(F)c2)C(=O)N1CCO. The maximum absolute atomic E-state index is 14.3. The molecule has 8 heteroatoms. The molecular formula is C18H14BrFN2O4. The molecule has 0 bridgehead atoms. The Morgan fingerprint density at radius 2 is 2.00 bits per heavy atom. The number of rotatable bonds is 6. The van der Waals surface area contributed by atoms with E-state index in [0.717, 1.165) is 15.4 Å². The zero-order valence-corrected chi connectivity index (χ0v) is 15.0. The molecule has 0 atom stereocenters. The Balaban J connectivity index is 1.73. The van der Waals surface area contributed by atoms with Crippen LogP contribution in [0.4, 0.5) is 10.1 Å². The number of β-amino-alcohol motifs (C(OH)–C–C–N with tert-alkyl or cyclic N) is 1. The number of nitrogens with zero attached hydrogens (tertiary/aromatic N) is 1. The molecule has 2 aromatic rings. The van der Waals surface area contributed by atoms with Gasteiger partial charge in [0.25, 0.3) is 11.8 Å². The lowest BCUT2D eigenvalue weighted by atomic mass is 10.2. The predicted molar refractivity (Wildman–Crippen MR) is 96.1 cm³/mol. The van der Waals surface area contributed by atoms with Gasteiger partial charge in [-0.15, -0.1) is 0 Å². The number of imide groups is 1. The van der Waals surface area contributed by atoms with E-state index in [1.165, 1.54) is 18.2 Å². The topological polar surface area (TPSA) is 78.9 Å². The summed E-state index contributed by atoms with van der Waals surface area (Å²) in [7, 11) is 0. The Morgan fingerprint density at radius 1 is 1.19 bits per heavy atom. The number of amides is 2. The van der Waals surface area contributed by atoms with Gasteiger partial charge in [-0.05, 0) is 30.3 Å². The van der Waals surface area contributed by atoms with Crippen molar-refractivity contribution in [2.24, 2.45) is 0 Å². The van der Waals surface area contributed by atoms with Crippen LogP contribution < -0.4 is 10.1 Å². The Hall–Kier alpha value is -2.71. The fourth-order valence-corrected chi connectivity index (χ4v) is 2.76. The number of carbonyl (C=O) groups is 2. The molecule has 0 saturated carbocycles. The second-order valence-corrected chi connectivity index (χ2v) is 6.32. The van der Waals surface area contributed by atoms with Gasteiger partial charge < -0.3 is 15.2 Å². The number of ether oxygens (including phenoxy) is 1. The summed E-state index contributed by atoms with van der Waals surface area (Å²) in [6.07, 6.45) is 1.11. The normalized spacial score (nSPS) is 13.8. The maximum Gasteiger partial charge on any atom is 0.277 e. The Kier molecular flexibility index (Phi) is 5.34. The minimum absolute atomic E-state index is 0.0171. The van der Waals surface area contributed by atoms with E-state index in [4.69, 9.17) is 9.84 Å². The van der Waals surface area contributed by atoms with Crippen molar-refractivity contribution in [3.05, 3.63) is 64.5 Å². The smallest absolute Gasteiger partial charge is 0.277 e. The van der Waals surface area contributed by atoms with Crippen molar-refractivity contribution in [1.82, 2.24) is 4.90 Å². The first kappa shape index (κ1) is 18.1. The molecule has 0 saturated heterocycles. The van der Waals surface area contributed by atoms with Crippen molar-refractivity contribution in [2.75, 3.05) is 18.5 Å². The highest BCUT2D eigenvalue weighted by molar-refractivity contribution is 9.10. The molecule has 2 aromatic carbocycles. The summed E-state index contributed by atoms with van der Waals surface area (Å²) >= 11 is 3.31. The first-order chi connectivity index (χ1) is 12.5. The van der Waals surface area contributed by atoms with Crippen LogP contribution in [0.5, 0.6) is 11.5 Å². The van der Waals surface area contributed by atoms with Crippen LogP contribution in [0.2, 0.25) is 0 Å². The van der Waals surface area contributed by atoms with Gasteiger partial charge in [-0.25, -0.2) is 4.39 Å². The van der Waals surface area contributed by atoms with Crippen LogP contribution in [0.15, 0.2) is 58.7 Å². The van der Waals surface area contributed by atoms with E-state index in [2.05, 4.69) is 21.2 Å². The van der Waals surface area contributed by atoms with Gasteiger partial charge in [0.05, 0.1) is 13.2 Å². The molecule has 1 heterocycles. The van der Waals surface area contributed by atoms with E-state index >= 15 is 0 Å². The summed E-state index contributed by atoms with van der Waals surface area (Å²) in [6.45, 7) is -0.415. The van der Waals surface area contributed by atoms with Crippen molar-refractivity contribution in [3.8, 4) is 11.5 Å². The van der Waals surface area contributed by atoms with E-state index < -0.39 is 17.6 Å². The lowest BCUT2D eigenvalue weighted by molar-refractivity contribution is -0.137. The number of aliphatic hydroxyl groups excluding tert-OH is 1. The Labute approximate surface area is 157 Å². The summed E-state index contributed by atoms with van der Waals surface area (Å²) in [5.41, 5.74) is 0.311. The number of hydrogen-bond donors (Lipinski definition) is 2. The lowest BCUT2D eigenvalue weighted by Crippen LogP contribution is -2.34. The van der Waals surface area contributed by atoms with Gasteiger partial charge >= 0.3 is 0 Å². The number of anilines is 1. The zero-order valence-electron chi connectivity index (χ0n) is 13.4. The van der Waals surface area contributed by atoms with Gasteiger partial charge in [0.2, 0.25) is 0 Å². The largest absolute Gasteiger partial charge is 0.454 e. The number of halogens is 2. The third-order valence-electron chi connectivity index (χ3n) is 3.57. The van der Waals surface area contributed by atoms with E-state index in [1.807, 2.05) is 6.07 Å². The van der Waals surface area contributed by atoms with Crippen LogP contribution in [-0.2, 0) is 9.59 Å². The van der Waals surface area contributed by atoms with Gasteiger partial charge in [-0.2, -0.15) is 0 Å². The summed E-state index contributed by atoms with van der Waals surface area (Å²) < 4.78 is 20.6. The van der Waals surface area contributed by atoms with E-state index in [1.54, 1.807) is 18.2 Å². The van der Waals surface area contributed by atoms with Crippen molar-refractivity contribution in [1.29, 1.82) is 0 Å². The van der Waals surface area contributed by atoms with Gasteiger partial charge in [0.15, 0.2) is 11.6 Å². The number of benzene rings is 2. The molecule has 0 radical (unpaired) electrons. The van der Waals surface area contributed by atoms with Crippen LogP contribution in [-0.4, -0.2) is 35.0 Å². The summed E-state index contributed by atoms with van der Waals surface area (Å²) in [5.74, 6) is -1.23. The van der Waals surface area contributed by atoms with Crippen molar-refractivity contribution >= 4 is 33.4 Å². The standard InChI is InChI=1S/C18H14BrFN2O4/c19-11-2-1-3-13(8-11)26-16-5-4-12(9-14(16)20)21-15-10-17(24)22(6-7-23)18(15)25/h1-5,8-10,21,23H,6-7H2. The van der Waals surface area contributed by atoms with E-state index in [-0.39, 0.29) is 24.6 Å². The van der Waals surface area contributed by atoms with Crippen LogP contribution in [0, 0.1) is 5.82 Å². The molecule has 0 fully saturated rings. The fraction of sp³-hybridized carbons (Fsp3) is 0.111. The highest BCUT2D eigenvalue weighted by atomic mass is 79.9. The molecule has 2 N–H and O–H groups in total. The third-order valence-corrected chi connectivity index (χ3v) is 4.06. The lowest BCUT2D eigenvalue weighted by Gasteiger charge is -2.14. The first-order valence-corrected chi connectivity index (χ1v) is 8.45. The summed E-state index contributed by atoms with van der Waals surface area (Å²) in [5, 5.41) is 11.6. The van der Waals surface area contributed by atoms with Crippen LogP contribution in [0.3, 0.4) is 0 Å². The van der Waals surface area contributed by atoms with Gasteiger partial charge in [-0.3, -0.25) is 14.5 Å². The Morgan fingerprint density at radius 3 is 2.69 bits per heavy atom. The average molecular weight is 421 g/mol. The molecule has 134 valence electrons. The van der Waals surface area contributed by atoms with Crippen molar-refractivity contribution in [3.63, 3.8) is 0 Å². The van der Waals surface area contributed by atoms with E-state index in [0.29, 0.717) is 11.4 Å². The van der Waals surface area contributed by atoms with E-state index in [9.17, 15) is 14.0 Å². The van der Waals surface area contributed by atoms with Crippen LogP contribution in [0.25, 0.3) is 0 Å².